The minimum atomic E-state index is -0.678. The zero-order valence-electron chi connectivity index (χ0n) is 23.9. The number of allylic oxidation sites excluding steroid dienone is 1. The van der Waals surface area contributed by atoms with Crippen molar-refractivity contribution in [2.24, 2.45) is 16.7 Å². The molecule has 2 aliphatic carbocycles. The Morgan fingerprint density at radius 3 is 2.26 bits per heavy atom. The Labute approximate surface area is 213 Å². The molecule has 35 heavy (non-hydrogen) atoms. The number of ketones is 1. The molecule has 4 aliphatic heterocycles. The first-order chi connectivity index (χ1) is 16.1. The number of carbonyl (C=O) groups is 1. The molecule has 6 aliphatic rings. The summed E-state index contributed by atoms with van der Waals surface area (Å²) in [5.74, 6) is 0.833. The first-order valence-corrected chi connectivity index (χ1v) is 14.4. The number of ether oxygens (including phenoxy) is 3. The van der Waals surface area contributed by atoms with E-state index in [2.05, 4.69) is 48.5 Å². The van der Waals surface area contributed by atoms with E-state index >= 15 is 0 Å². The van der Waals surface area contributed by atoms with E-state index in [4.69, 9.17) is 14.2 Å². The van der Waals surface area contributed by atoms with Gasteiger partial charge in [-0.1, -0.05) is 31.9 Å². The summed E-state index contributed by atoms with van der Waals surface area (Å²) in [5, 5.41) is 0. The highest BCUT2D eigenvalue weighted by Crippen LogP contribution is 2.65. The minimum Gasteiger partial charge on any atom is -0.366 e. The maximum absolute atomic E-state index is 12.9. The standard InChI is InChI=1S/C31H50O4/c1-20-10-12-24-28(7,16-15-23(32)26(3,4)33-24)22(20)14-17-29(8)21(2)11-13-25-31(29)19-18-30(9,34-25)27(5,6)35-31/h21,24-25H,10-19H2,1-9H3/t21-,24-,25-,28-,29+,30?,31?/m0/s1. The molecule has 4 heteroatoms. The molecule has 4 saturated heterocycles. The lowest BCUT2D eigenvalue weighted by molar-refractivity contribution is -0.414. The van der Waals surface area contributed by atoms with Crippen molar-refractivity contribution in [2.45, 2.75) is 161 Å². The average molecular weight is 487 g/mol. The molecule has 0 aromatic rings. The van der Waals surface area contributed by atoms with Gasteiger partial charge < -0.3 is 14.2 Å². The molecule has 1 saturated carbocycles. The molecule has 0 aromatic carbocycles. The Morgan fingerprint density at radius 1 is 0.857 bits per heavy atom. The number of hydrogen-bond donors (Lipinski definition) is 0. The number of carbonyl (C=O) groups excluding carboxylic acids is 1. The van der Waals surface area contributed by atoms with Crippen molar-refractivity contribution in [3.63, 3.8) is 0 Å². The third-order valence-electron chi connectivity index (χ3n) is 12.1. The second kappa shape index (κ2) is 7.90. The summed E-state index contributed by atoms with van der Waals surface area (Å²) in [7, 11) is 0. The van der Waals surface area contributed by atoms with Gasteiger partial charge in [0, 0.05) is 17.3 Å². The number of rotatable bonds is 3. The highest BCUT2D eigenvalue weighted by molar-refractivity contribution is 5.86. The summed E-state index contributed by atoms with van der Waals surface area (Å²) in [5.41, 5.74) is 1.70. The van der Waals surface area contributed by atoms with Crippen molar-refractivity contribution in [2.75, 3.05) is 0 Å². The fraction of sp³-hybridized carbons (Fsp3) is 0.903. The summed E-state index contributed by atoms with van der Waals surface area (Å²) < 4.78 is 20.7. The molecule has 0 N–H and O–H groups in total. The predicted molar refractivity (Wildman–Crippen MR) is 139 cm³/mol. The van der Waals surface area contributed by atoms with Crippen molar-refractivity contribution in [1.29, 1.82) is 0 Å². The van der Waals surface area contributed by atoms with Gasteiger partial charge in [0.2, 0.25) is 0 Å². The Balaban J connectivity index is 1.46. The smallest absolute Gasteiger partial charge is 0.164 e. The highest BCUT2D eigenvalue weighted by Gasteiger charge is 2.70. The maximum atomic E-state index is 12.9. The molecule has 6 rings (SSSR count). The lowest BCUT2D eigenvalue weighted by Gasteiger charge is -2.71. The van der Waals surface area contributed by atoms with Gasteiger partial charge in [0.05, 0.1) is 23.4 Å². The highest BCUT2D eigenvalue weighted by atomic mass is 16.6. The predicted octanol–water partition coefficient (Wildman–Crippen LogP) is 7.33. The van der Waals surface area contributed by atoms with E-state index in [1.54, 1.807) is 5.57 Å². The largest absolute Gasteiger partial charge is 0.366 e. The summed E-state index contributed by atoms with van der Waals surface area (Å²) in [6, 6.07) is 0. The maximum Gasteiger partial charge on any atom is 0.164 e. The van der Waals surface area contributed by atoms with Crippen LogP contribution >= 0.6 is 0 Å². The van der Waals surface area contributed by atoms with Gasteiger partial charge in [0.15, 0.2) is 5.78 Å². The fourth-order valence-electron chi connectivity index (χ4n) is 8.81. The average Bonchev–Trinajstić information content (AvgIpc) is 2.85. The van der Waals surface area contributed by atoms with Crippen LogP contribution in [0.4, 0.5) is 0 Å². The van der Waals surface area contributed by atoms with Gasteiger partial charge in [-0.15, -0.1) is 0 Å². The molecule has 4 nitrogen and oxygen atoms in total. The van der Waals surface area contributed by atoms with Gasteiger partial charge in [-0.2, -0.15) is 0 Å². The molecule has 2 bridgehead atoms. The van der Waals surface area contributed by atoms with E-state index in [0.717, 1.165) is 51.4 Å². The van der Waals surface area contributed by atoms with Gasteiger partial charge >= 0.3 is 0 Å². The van der Waals surface area contributed by atoms with Crippen molar-refractivity contribution in [3.05, 3.63) is 11.1 Å². The topological polar surface area (TPSA) is 44.8 Å². The van der Waals surface area contributed by atoms with Crippen molar-refractivity contribution >= 4 is 5.78 Å². The van der Waals surface area contributed by atoms with E-state index in [1.165, 1.54) is 12.0 Å². The van der Waals surface area contributed by atoms with Crippen LogP contribution in [-0.4, -0.2) is 40.4 Å². The van der Waals surface area contributed by atoms with Crippen molar-refractivity contribution in [3.8, 4) is 0 Å². The van der Waals surface area contributed by atoms with Gasteiger partial charge in [0.1, 0.15) is 11.2 Å². The van der Waals surface area contributed by atoms with Crippen LogP contribution in [0.15, 0.2) is 11.1 Å². The lowest BCUT2D eigenvalue weighted by atomic mass is 9.50. The minimum absolute atomic E-state index is 0.0478. The third-order valence-corrected chi connectivity index (χ3v) is 12.1. The number of Topliss-reactive ketones (excluding diaryl/α,β-unsaturated/α-hetero) is 1. The Morgan fingerprint density at radius 2 is 1.57 bits per heavy atom. The quantitative estimate of drug-likeness (QED) is 0.392. The normalized spacial score (nSPS) is 48.8. The SMILES string of the molecule is CC1=C(CC[C@]2(C)[C@@H](C)CC[C@@H]3OC4(C)CCC32OC4(C)C)[C@]2(C)CCC(=O)C(C)(C)O[C@H]2CC1. The fourth-order valence-corrected chi connectivity index (χ4v) is 8.81. The van der Waals surface area contributed by atoms with E-state index in [0.29, 0.717) is 12.3 Å². The van der Waals surface area contributed by atoms with E-state index in [-0.39, 0.29) is 45.6 Å². The first kappa shape index (κ1) is 25.9. The number of fused-ring (bicyclic) bond motifs is 3. The Hall–Kier alpha value is -0.710. The lowest BCUT2D eigenvalue weighted by Crippen LogP contribution is -2.77. The molecule has 0 aromatic heterocycles. The molecular weight excluding hydrogens is 436 g/mol. The van der Waals surface area contributed by atoms with Crippen LogP contribution < -0.4 is 0 Å². The van der Waals surface area contributed by atoms with Gasteiger partial charge in [-0.3, -0.25) is 4.79 Å². The van der Waals surface area contributed by atoms with Crippen molar-refractivity contribution < 1.29 is 19.0 Å². The van der Waals surface area contributed by atoms with E-state index < -0.39 is 5.60 Å². The van der Waals surface area contributed by atoms with Crippen molar-refractivity contribution in [1.82, 2.24) is 0 Å². The van der Waals surface area contributed by atoms with Gasteiger partial charge in [-0.05, 0) is 105 Å². The molecule has 1 spiro atoms. The van der Waals surface area contributed by atoms with Crippen LogP contribution in [0.3, 0.4) is 0 Å². The Bertz CT molecular complexity index is 932. The van der Waals surface area contributed by atoms with Crippen LogP contribution in [0.2, 0.25) is 0 Å². The molecule has 2 unspecified atom stereocenters. The van der Waals surface area contributed by atoms with Crippen LogP contribution in [0.5, 0.6) is 0 Å². The van der Waals surface area contributed by atoms with E-state index in [9.17, 15) is 4.79 Å². The molecule has 4 heterocycles. The summed E-state index contributed by atoms with van der Waals surface area (Å²) >= 11 is 0. The van der Waals surface area contributed by atoms with Crippen LogP contribution in [0, 0.1) is 16.7 Å². The molecule has 0 radical (unpaired) electrons. The summed E-state index contributed by atoms with van der Waals surface area (Å²) in [6.07, 6.45) is 10.6. The van der Waals surface area contributed by atoms with Gasteiger partial charge in [0.25, 0.3) is 0 Å². The van der Waals surface area contributed by atoms with Crippen LogP contribution in [-0.2, 0) is 19.0 Å². The van der Waals surface area contributed by atoms with Crippen LogP contribution in [0.1, 0.15) is 127 Å². The second-order valence-corrected chi connectivity index (χ2v) is 14.5. The van der Waals surface area contributed by atoms with Crippen LogP contribution in [0.25, 0.3) is 0 Å². The second-order valence-electron chi connectivity index (χ2n) is 14.5. The van der Waals surface area contributed by atoms with Gasteiger partial charge in [-0.25, -0.2) is 0 Å². The third kappa shape index (κ3) is 3.52. The van der Waals surface area contributed by atoms with E-state index in [1.807, 2.05) is 13.8 Å². The zero-order valence-corrected chi connectivity index (χ0v) is 23.9. The first-order valence-electron chi connectivity index (χ1n) is 14.4. The number of hydrogen-bond acceptors (Lipinski definition) is 4. The molecular formula is C31H50O4. The summed E-state index contributed by atoms with van der Waals surface area (Å²) in [4.78, 5) is 12.9. The molecule has 198 valence electrons. The molecule has 0 amide bonds. The molecule has 7 atom stereocenters. The Kier molecular flexibility index (Phi) is 5.85. The monoisotopic (exact) mass is 486 g/mol. The summed E-state index contributed by atoms with van der Waals surface area (Å²) in [6.45, 7) is 20.3. The zero-order chi connectivity index (χ0) is 25.7. The molecule has 5 fully saturated rings.